The van der Waals surface area contributed by atoms with E-state index in [1.807, 2.05) is 41.1 Å². The van der Waals surface area contributed by atoms with Crippen molar-refractivity contribution in [3.05, 3.63) is 76.6 Å². The zero-order valence-corrected chi connectivity index (χ0v) is 15.8. The van der Waals surface area contributed by atoms with Crippen LogP contribution in [0.2, 0.25) is 0 Å². The number of aromatic nitrogens is 1. The zero-order valence-electron chi connectivity index (χ0n) is 15.0. The highest BCUT2D eigenvalue weighted by Gasteiger charge is 2.23. The highest BCUT2D eigenvalue weighted by Crippen LogP contribution is 2.31. The quantitative estimate of drug-likeness (QED) is 0.686. The number of rotatable bonds is 3. The van der Waals surface area contributed by atoms with Gasteiger partial charge in [-0.2, -0.15) is 4.99 Å². The summed E-state index contributed by atoms with van der Waals surface area (Å²) in [4.78, 5) is 27.6. The first kappa shape index (κ1) is 18.2. The number of halogens is 1. The van der Waals surface area contributed by atoms with Gasteiger partial charge < -0.3 is 9.88 Å². The van der Waals surface area contributed by atoms with E-state index in [0.717, 1.165) is 28.2 Å². The van der Waals surface area contributed by atoms with Gasteiger partial charge in [0.1, 0.15) is 5.82 Å². The third-order valence-corrected chi connectivity index (χ3v) is 5.21. The summed E-state index contributed by atoms with van der Waals surface area (Å²) in [5, 5.41) is 3.76. The van der Waals surface area contributed by atoms with E-state index in [-0.39, 0.29) is 22.8 Å². The van der Waals surface area contributed by atoms with Crippen molar-refractivity contribution < 1.29 is 14.0 Å². The van der Waals surface area contributed by atoms with Crippen molar-refractivity contribution in [1.29, 1.82) is 0 Å². The number of fused-ring (bicyclic) bond motifs is 1. The fraction of sp³-hybridized carbons (Fsp3) is 0.0952. The number of thioether (sulfide) groups is 1. The summed E-state index contributed by atoms with van der Waals surface area (Å²) < 4.78 is 16.0. The molecule has 1 N–H and O–H groups in total. The predicted octanol–water partition coefficient (Wildman–Crippen LogP) is 3.94. The van der Waals surface area contributed by atoms with Crippen LogP contribution in [-0.2, 0) is 16.1 Å². The molecule has 2 aromatic carbocycles. The van der Waals surface area contributed by atoms with Gasteiger partial charge >= 0.3 is 0 Å². The first-order chi connectivity index (χ1) is 13.5. The molecule has 0 spiro atoms. The number of amidine groups is 1. The number of carbonyl (C=O) groups excluding carboxylic acids is 2. The van der Waals surface area contributed by atoms with Crippen LogP contribution in [0, 0.1) is 5.82 Å². The molecule has 0 unspecified atom stereocenters. The van der Waals surface area contributed by atoms with E-state index in [0.29, 0.717) is 17.0 Å². The highest BCUT2D eigenvalue weighted by molar-refractivity contribution is 8.18. The summed E-state index contributed by atoms with van der Waals surface area (Å²) in [5.41, 5.74) is 2.36. The largest absolute Gasteiger partial charge is 0.342 e. The molecule has 0 saturated carbocycles. The lowest BCUT2D eigenvalue weighted by atomic mass is 10.1. The third kappa shape index (κ3) is 3.61. The molecule has 28 heavy (non-hydrogen) atoms. The van der Waals surface area contributed by atoms with Gasteiger partial charge in [0.15, 0.2) is 5.17 Å². The Morgan fingerprint density at radius 3 is 2.75 bits per heavy atom. The molecule has 0 radical (unpaired) electrons. The Morgan fingerprint density at radius 2 is 1.96 bits per heavy atom. The maximum atomic E-state index is 14.1. The smallest absolute Gasteiger partial charge is 0.286 e. The second kappa shape index (κ2) is 7.44. The number of nitrogens with one attached hydrogen (secondary N) is 1. The van der Waals surface area contributed by atoms with Gasteiger partial charge in [0.25, 0.3) is 5.91 Å². The number of amides is 2. The van der Waals surface area contributed by atoms with Crippen molar-refractivity contribution in [3.63, 3.8) is 0 Å². The molecule has 2 heterocycles. The lowest BCUT2D eigenvalue weighted by molar-refractivity contribution is -0.117. The lowest BCUT2D eigenvalue weighted by Crippen LogP contribution is -2.23. The summed E-state index contributed by atoms with van der Waals surface area (Å²) in [5.74, 6) is -0.920. The molecular weight excluding hydrogens is 377 g/mol. The Balaban J connectivity index is 1.70. The van der Waals surface area contributed by atoms with E-state index >= 15 is 0 Å². The van der Waals surface area contributed by atoms with Gasteiger partial charge in [0.2, 0.25) is 5.91 Å². The van der Waals surface area contributed by atoms with Gasteiger partial charge in [-0.3, -0.25) is 9.59 Å². The lowest BCUT2D eigenvalue weighted by Gasteiger charge is -2.06. The van der Waals surface area contributed by atoms with Crippen LogP contribution in [0.1, 0.15) is 18.1 Å². The molecule has 0 fully saturated rings. The summed E-state index contributed by atoms with van der Waals surface area (Å²) in [7, 11) is 0. The number of carbonyl (C=O) groups is 2. The van der Waals surface area contributed by atoms with Crippen molar-refractivity contribution in [2.45, 2.75) is 13.5 Å². The fourth-order valence-corrected chi connectivity index (χ4v) is 3.94. The number of aliphatic imine (C=N–C) groups is 1. The van der Waals surface area contributed by atoms with Crippen molar-refractivity contribution in [1.82, 2.24) is 9.88 Å². The number of para-hydroxylation sites is 1. The molecule has 0 bridgehead atoms. The molecular formula is C21H16FN3O2S. The molecule has 1 aliphatic heterocycles. The Hall–Kier alpha value is -3.19. The number of nitrogens with zero attached hydrogens (tertiary/aromatic N) is 2. The van der Waals surface area contributed by atoms with Gasteiger partial charge in [-0.25, -0.2) is 4.39 Å². The van der Waals surface area contributed by atoms with Crippen molar-refractivity contribution in [2.75, 3.05) is 0 Å². The van der Waals surface area contributed by atoms with E-state index in [1.54, 1.807) is 18.2 Å². The maximum absolute atomic E-state index is 14.1. The van der Waals surface area contributed by atoms with Crippen molar-refractivity contribution in [3.8, 4) is 0 Å². The first-order valence-corrected chi connectivity index (χ1v) is 9.44. The molecule has 3 aromatic rings. The van der Waals surface area contributed by atoms with E-state index in [2.05, 4.69) is 10.3 Å². The fourth-order valence-electron chi connectivity index (χ4n) is 3.09. The van der Waals surface area contributed by atoms with E-state index < -0.39 is 0 Å². The van der Waals surface area contributed by atoms with Gasteiger partial charge in [0, 0.05) is 35.2 Å². The van der Waals surface area contributed by atoms with Crippen LogP contribution in [0.25, 0.3) is 17.0 Å². The Bertz CT molecular complexity index is 1160. The van der Waals surface area contributed by atoms with Crippen LogP contribution in [-0.4, -0.2) is 21.5 Å². The standard InChI is InChI=1S/C21H16FN3O2S/c1-13(26)23-21-24-20(27)19(28-21)10-15-12-25(18-9-5-3-7-16(15)18)11-14-6-2-4-8-17(14)22/h2-10,12H,11H2,1H3,(H,23,24,26,27)/b19-10+. The Labute approximate surface area is 165 Å². The SMILES string of the molecule is CC(=O)NC1=NC(=O)/C(=C\c2cn(Cc3ccccc3F)c3ccccc23)S1. The minimum absolute atomic E-state index is 0.255. The van der Waals surface area contributed by atoms with Crippen LogP contribution >= 0.6 is 11.8 Å². The summed E-state index contributed by atoms with van der Waals surface area (Å²) in [6.45, 7) is 1.75. The molecule has 1 aromatic heterocycles. The molecule has 140 valence electrons. The monoisotopic (exact) mass is 393 g/mol. The summed E-state index contributed by atoms with van der Waals surface area (Å²) in [6.07, 6.45) is 3.65. The van der Waals surface area contributed by atoms with Crippen molar-refractivity contribution >= 4 is 45.7 Å². The van der Waals surface area contributed by atoms with Crippen LogP contribution < -0.4 is 5.32 Å². The average molecular weight is 393 g/mol. The van der Waals surface area contributed by atoms with Crippen LogP contribution in [0.3, 0.4) is 0 Å². The van der Waals surface area contributed by atoms with E-state index in [1.165, 1.54) is 13.0 Å². The van der Waals surface area contributed by atoms with E-state index in [4.69, 9.17) is 0 Å². The first-order valence-electron chi connectivity index (χ1n) is 8.63. The number of benzene rings is 2. The zero-order chi connectivity index (χ0) is 19.7. The number of hydrogen-bond acceptors (Lipinski definition) is 3. The highest BCUT2D eigenvalue weighted by atomic mass is 32.2. The minimum atomic E-state index is -0.389. The Kier molecular flexibility index (Phi) is 4.83. The topological polar surface area (TPSA) is 63.5 Å². The minimum Gasteiger partial charge on any atom is -0.342 e. The molecule has 2 amide bonds. The molecule has 1 aliphatic rings. The predicted molar refractivity (Wildman–Crippen MR) is 109 cm³/mol. The second-order valence-corrected chi connectivity index (χ2v) is 7.37. The van der Waals surface area contributed by atoms with Crippen LogP contribution in [0.5, 0.6) is 0 Å². The molecule has 7 heteroatoms. The molecule has 5 nitrogen and oxygen atoms in total. The summed E-state index contributed by atoms with van der Waals surface area (Å²) in [6, 6.07) is 14.4. The third-order valence-electron chi connectivity index (χ3n) is 4.31. The van der Waals surface area contributed by atoms with Crippen LogP contribution in [0.15, 0.2) is 64.6 Å². The number of hydrogen-bond donors (Lipinski definition) is 1. The van der Waals surface area contributed by atoms with E-state index in [9.17, 15) is 14.0 Å². The van der Waals surface area contributed by atoms with Crippen LogP contribution in [0.4, 0.5) is 4.39 Å². The van der Waals surface area contributed by atoms with Gasteiger partial charge in [-0.15, -0.1) is 0 Å². The normalized spacial score (nSPS) is 15.3. The molecule has 4 rings (SSSR count). The Morgan fingerprint density at radius 1 is 1.21 bits per heavy atom. The second-order valence-electron chi connectivity index (χ2n) is 6.33. The maximum Gasteiger partial charge on any atom is 0.286 e. The average Bonchev–Trinajstić information content (AvgIpc) is 3.17. The van der Waals surface area contributed by atoms with Gasteiger partial charge in [-0.1, -0.05) is 36.4 Å². The molecule has 0 atom stereocenters. The van der Waals surface area contributed by atoms with Crippen molar-refractivity contribution in [2.24, 2.45) is 4.99 Å². The summed E-state index contributed by atoms with van der Waals surface area (Å²) >= 11 is 1.13. The van der Waals surface area contributed by atoms with Gasteiger partial charge in [0.05, 0.1) is 11.4 Å². The van der Waals surface area contributed by atoms with Gasteiger partial charge in [-0.05, 0) is 30.0 Å². The molecule has 0 saturated heterocycles. The molecule has 0 aliphatic carbocycles.